The molecule has 0 spiro atoms. The fourth-order valence-corrected chi connectivity index (χ4v) is 0. The molecule has 0 radical (unpaired) electrons. The molecule has 0 amide bonds. The van der Waals surface area contributed by atoms with Gasteiger partial charge in [0.25, 0.3) is 0 Å². The summed E-state index contributed by atoms with van der Waals surface area (Å²) in [6, 6.07) is 0. The minimum Gasteiger partial charge on any atom is -1.00 e. The average Bonchev–Trinajstić information content (AvgIpc) is 0.722. The SMILES string of the molecule is O.O.O.O=P(O)(O)O.[H-].[H-].[H-].[H-].[H-].[H-].[Mg+2].[Mg+2].[Mg+2]. The summed E-state index contributed by atoms with van der Waals surface area (Å²) in [5.41, 5.74) is 0. The number of phosphoric acid groups is 1. The molecule has 0 atom stereocenters. The first-order valence-corrected chi connectivity index (χ1v) is 2.35. The van der Waals surface area contributed by atoms with Crippen molar-refractivity contribution in [2.24, 2.45) is 0 Å². The minimum absolute atomic E-state index is 0. The van der Waals surface area contributed by atoms with Crippen LogP contribution >= 0.6 is 7.82 Å². The van der Waals surface area contributed by atoms with Gasteiger partial charge in [0.2, 0.25) is 0 Å². The van der Waals surface area contributed by atoms with Crippen molar-refractivity contribution < 1.29 is 44.2 Å². The fraction of sp³-hybridized carbons (Fsp3) is 0. The molecular formula is H15Mg3O7P. The molecule has 0 saturated carbocycles. The summed E-state index contributed by atoms with van der Waals surface area (Å²) in [5.74, 6) is 0. The van der Waals surface area contributed by atoms with Crippen LogP contribution in [-0.4, -0.2) is 100 Å². The zero-order chi connectivity index (χ0) is 4.50. The van der Waals surface area contributed by atoms with Gasteiger partial charge in [0.05, 0.1) is 0 Å². The summed E-state index contributed by atoms with van der Waals surface area (Å²) in [5, 5.41) is 0. The maximum absolute atomic E-state index is 8.88. The van der Waals surface area contributed by atoms with Crippen molar-refractivity contribution in [3.05, 3.63) is 0 Å². The van der Waals surface area contributed by atoms with Gasteiger partial charge >= 0.3 is 77.0 Å². The Labute approximate surface area is 120 Å². The predicted molar refractivity (Wildman–Crippen MR) is 49.0 cm³/mol. The summed E-state index contributed by atoms with van der Waals surface area (Å²) in [6.45, 7) is 0. The van der Waals surface area contributed by atoms with Crippen molar-refractivity contribution in [1.29, 1.82) is 0 Å². The van der Waals surface area contributed by atoms with E-state index in [1.807, 2.05) is 0 Å². The fourth-order valence-electron chi connectivity index (χ4n) is 0. The third-order valence-electron chi connectivity index (χ3n) is 0. The Balaban J connectivity index is -0.00000000121. The van der Waals surface area contributed by atoms with E-state index >= 15 is 0 Å². The van der Waals surface area contributed by atoms with Gasteiger partial charge in [-0.15, -0.1) is 0 Å². The molecule has 0 heterocycles. The first kappa shape index (κ1) is 50.7. The number of hydrogen-bond donors (Lipinski definition) is 3. The van der Waals surface area contributed by atoms with Crippen LogP contribution in [0, 0.1) is 0 Å². The Morgan fingerprint density at radius 1 is 0.818 bits per heavy atom. The van der Waals surface area contributed by atoms with E-state index in [2.05, 4.69) is 0 Å². The van der Waals surface area contributed by atoms with E-state index in [0.717, 1.165) is 0 Å². The molecule has 0 aliphatic carbocycles. The zero-order valence-corrected chi connectivity index (χ0v) is 11.0. The van der Waals surface area contributed by atoms with Crippen LogP contribution in [0.25, 0.3) is 0 Å². The predicted octanol–water partition coefficient (Wildman–Crippen LogP) is -3.87. The summed E-state index contributed by atoms with van der Waals surface area (Å²) >= 11 is 0. The molecular weight excluding hydrogens is 216 g/mol. The van der Waals surface area contributed by atoms with Crippen molar-refractivity contribution in [1.82, 2.24) is 0 Å². The van der Waals surface area contributed by atoms with Crippen molar-refractivity contribution in [2.45, 2.75) is 0 Å². The largest absolute Gasteiger partial charge is 2.00 e. The molecule has 0 bridgehead atoms. The van der Waals surface area contributed by atoms with Gasteiger partial charge < -0.3 is 39.7 Å². The van der Waals surface area contributed by atoms with Crippen LogP contribution < -0.4 is 0 Å². The smallest absolute Gasteiger partial charge is 1.00 e. The molecule has 0 unspecified atom stereocenters. The molecule has 68 valence electrons. The van der Waals surface area contributed by atoms with Gasteiger partial charge in [-0.1, -0.05) is 0 Å². The van der Waals surface area contributed by atoms with Gasteiger partial charge in [-0.2, -0.15) is 0 Å². The van der Waals surface area contributed by atoms with Crippen LogP contribution in [0.5, 0.6) is 0 Å². The molecule has 0 aromatic rings. The Bertz CT molecular complexity index is 75.7. The van der Waals surface area contributed by atoms with Gasteiger partial charge in [0.1, 0.15) is 0 Å². The normalized spacial score (nSPS) is 5.36. The van der Waals surface area contributed by atoms with Gasteiger partial charge in [-0.25, -0.2) is 4.57 Å². The average molecular weight is 231 g/mol. The van der Waals surface area contributed by atoms with Crippen LogP contribution in [0.2, 0.25) is 0 Å². The van der Waals surface area contributed by atoms with Crippen molar-refractivity contribution in [3.8, 4) is 0 Å². The van der Waals surface area contributed by atoms with Crippen LogP contribution in [0.1, 0.15) is 8.56 Å². The van der Waals surface area contributed by atoms with Crippen LogP contribution in [0.15, 0.2) is 0 Å². The number of hydrogen-bond acceptors (Lipinski definition) is 1. The first-order chi connectivity index (χ1) is 2.00. The molecule has 7 nitrogen and oxygen atoms in total. The van der Waals surface area contributed by atoms with Crippen LogP contribution in [-0.2, 0) is 4.57 Å². The summed E-state index contributed by atoms with van der Waals surface area (Å²) in [4.78, 5) is 21.6. The quantitative estimate of drug-likeness (QED) is 0.286. The summed E-state index contributed by atoms with van der Waals surface area (Å²) in [7, 11) is -4.64. The Morgan fingerprint density at radius 3 is 0.818 bits per heavy atom. The number of rotatable bonds is 0. The summed E-state index contributed by atoms with van der Waals surface area (Å²) in [6.07, 6.45) is 0. The monoisotopic (exact) mass is 230 g/mol. The van der Waals surface area contributed by atoms with Crippen LogP contribution in [0.4, 0.5) is 0 Å². The summed E-state index contributed by atoms with van der Waals surface area (Å²) < 4.78 is 8.88. The Morgan fingerprint density at radius 2 is 0.818 bits per heavy atom. The van der Waals surface area contributed by atoms with E-state index in [1.165, 1.54) is 0 Å². The second kappa shape index (κ2) is 22.8. The van der Waals surface area contributed by atoms with E-state index in [-0.39, 0.29) is 94.1 Å². The van der Waals surface area contributed by atoms with Gasteiger partial charge in [-0.3, -0.25) is 0 Å². The first-order valence-electron chi connectivity index (χ1n) is 0.783. The topological polar surface area (TPSA) is 172 Å². The van der Waals surface area contributed by atoms with Crippen molar-refractivity contribution in [3.63, 3.8) is 0 Å². The van der Waals surface area contributed by atoms with Crippen molar-refractivity contribution >= 4 is 77.0 Å². The van der Waals surface area contributed by atoms with Gasteiger partial charge in [-0.05, 0) is 0 Å². The van der Waals surface area contributed by atoms with Crippen molar-refractivity contribution in [2.75, 3.05) is 0 Å². The van der Waals surface area contributed by atoms with E-state index in [4.69, 9.17) is 19.2 Å². The molecule has 9 N–H and O–H groups in total. The third-order valence-corrected chi connectivity index (χ3v) is 0. The van der Waals surface area contributed by atoms with Gasteiger partial charge in [0.15, 0.2) is 0 Å². The molecule has 0 aliphatic rings. The molecule has 0 aliphatic heterocycles. The molecule has 0 aromatic carbocycles. The third kappa shape index (κ3) is 248. The molecule has 11 heavy (non-hydrogen) atoms. The van der Waals surface area contributed by atoms with E-state index in [0.29, 0.717) is 0 Å². The standard InChI is InChI=1S/3Mg.H3O4P.3H2O.6H/c;;;1-5(2,3)4;;;;;;;;;/h;;;(H3,1,2,3,4);3*1H2;;;;;;/q3*+2;;;;;6*-1. The Hall–Kier alpha value is 2.29. The van der Waals surface area contributed by atoms with Crippen LogP contribution in [0.3, 0.4) is 0 Å². The molecule has 0 rings (SSSR count). The van der Waals surface area contributed by atoms with E-state index in [9.17, 15) is 0 Å². The molecule has 0 saturated heterocycles. The molecule has 11 heteroatoms. The maximum atomic E-state index is 8.88. The minimum atomic E-state index is -4.64. The second-order valence-corrected chi connectivity index (χ2v) is 1.54. The van der Waals surface area contributed by atoms with Gasteiger partial charge in [0, 0.05) is 0 Å². The second-order valence-electron chi connectivity index (χ2n) is 0.513. The van der Waals surface area contributed by atoms with E-state index in [1.54, 1.807) is 0 Å². The zero-order valence-electron chi connectivity index (χ0n) is 11.8. The molecule has 0 aromatic heterocycles. The molecule has 0 fully saturated rings. The Kier molecular flexibility index (Phi) is 105. The maximum Gasteiger partial charge on any atom is 2.00 e. The van der Waals surface area contributed by atoms with E-state index < -0.39 is 7.82 Å².